The van der Waals surface area contributed by atoms with Gasteiger partial charge >= 0.3 is 0 Å². The summed E-state index contributed by atoms with van der Waals surface area (Å²) in [5.41, 5.74) is 1.56. The van der Waals surface area contributed by atoms with Gasteiger partial charge in [0.1, 0.15) is 0 Å². The van der Waals surface area contributed by atoms with Crippen molar-refractivity contribution in [2.24, 2.45) is 5.41 Å². The van der Waals surface area contributed by atoms with Gasteiger partial charge in [-0.05, 0) is 31.7 Å². The number of alkyl halides is 1. The van der Waals surface area contributed by atoms with Crippen LogP contribution in [-0.4, -0.2) is 24.6 Å². The van der Waals surface area contributed by atoms with Crippen molar-refractivity contribution in [2.45, 2.75) is 38.9 Å². The van der Waals surface area contributed by atoms with Crippen molar-refractivity contribution in [3.63, 3.8) is 0 Å². The number of benzene rings is 1. The third-order valence-corrected chi connectivity index (χ3v) is 5.29. The van der Waals surface area contributed by atoms with Gasteiger partial charge in [0.25, 0.3) is 0 Å². The fourth-order valence-electron chi connectivity index (χ4n) is 2.68. The molecule has 19 heavy (non-hydrogen) atoms. The Morgan fingerprint density at radius 1 is 1.37 bits per heavy atom. The molecule has 1 aromatic carbocycles. The Hall–Kier alpha value is -0.380. The van der Waals surface area contributed by atoms with Crippen molar-refractivity contribution in [1.29, 1.82) is 0 Å². The lowest BCUT2D eigenvalue weighted by atomic mass is 9.80. The van der Waals surface area contributed by atoms with E-state index in [4.69, 9.17) is 9.47 Å². The van der Waals surface area contributed by atoms with Gasteiger partial charge in [-0.2, -0.15) is 0 Å². The fourth-order valence-corrected chi connectivity index (χ4v) is 3.70. The van der Waals surface area contributed by atoms with Crippen LogP contribution in [0.2, 0.25) is 0 Å². The van der Waals surface area contributed by atoms with Crippen LogP contribution < -0.4 is 0 Å². The average molecular weight is 327 g/mol. The van der Waals surface area contributed by atoms with Crippen LogP contribution in [0.15, 0.2) is 30.3 Å². The molecule has 106 valence electrons. The lowest BCUT2D eigenvalue weighted by Gasteiger charge is -2.30. The number of rotatable bonds is 7. The van der Waals surface area contributed by atoms with Crippen molar-refractivity contribution in [3.8, 4) is 0 Å². The van der Waals surface area contributed by atoms with Crippen LogP contribution in [0.3, 0.4) is 0 Å². The largest absolute Gasteiger partial charge is 0.378 e. The number of halogens is 1. The first kappa shape index (κ1) is 15.0. The summed E-state index contributed by atoms with van der Waals surface area (Å²) in [5, 5.41) is 1.03. The Balaban J connectivity index is 1.66. The monoisotopic (exact) mass is 326 g/mol. The molecule has 1 aliphatic rings. The standard InChI is InChI=1S/C16H23BrO2/c1-14-16(13-17,9-11-19-14)8-5-10-18-12-15-6-3-2-4-7-15/h2-4,6-7,14H,5,8-13H2,1H3. The van der Waals surface area contributed by atoms with Crippen LogP contribution in [0.4, 0.5) is 0 Å². The van der Waals surface area contributed by atoms with E-state index in [-0.39, 0.29) is 0 Å². The maximum atomic E-state index is 5.75. The molecular formula is C16H23BrO2. The van der Waals surface area contributed by atoms with E-state index >= 15 is 0 Å². The van der Waals surface area contributed by atoms with Crippen molar-refractivity contribution in [2.75, 3.05) is 18.5 Å². The molecule has 0 bridgehead atoms. The minimum Gasteiger partial charge on any atom is -0.378 e. The number of hydrogen-bond donors (Lipinski definition) is 0. The first-order valence-corrected chi connectivity index (χ1v) is 8.18. The molecule has 0 aromatic heterocycles. The molecule has 2 atom stereocenters. The van der Waals surface area contributed by atoms with E-state index in [2.05, 4.69) is 47.1 Å². The maximum absolute atomic E-state index is 5.75. The minimum atomic E-state index is 0.316. The molecule has 0 saturated carbocycles. The van der Waals surface area contributed by atoms with E-state index in [1.165, 1.54) is 12.0 Å². The Kier molecular flexibility index (Phi) is 5.86. The van der Waals surface area contributed by atoms with Gasteiger partial charge in [-0.1, -0.05) is 46.3 Å². The number of ether oxygens (including phenoxy) is 2. The molecule has 2 unspecified atom stereocenters. The van der Waals surface area contributed by atoms with Crippen LogP contribution in [0, 0.1) is 5.41 Å². The highest BCUT2D eigenvalue weighted by atomic mass is 79.9. The lowest BCUT2D eigenvalue weighted by molar-refractivity contribution is 0.0591. The van der Waals surface area contributed by atoms with E-state index in [0.29, 0.717) is 18.1 Å². The van der Waals surface area contributed by atoms with E-state index < -0.39 is 0 Å². The third kappa shape index (κ3) is 4.04. The average Bonchev–Trinajstić information content (AvgIpc) is 2.81. The molecule has 1 aromatic rings. The highest BCUT2D eigenvalue weighted by Gasteiger charge is 2.39. The van der Waals surface area contributed by atoms with Gasteiger partial charge in [0, 0.05) is 24.0 Å². The summed E-state index contributed by atoms with van der Waals surface area (Å²) in [4.78, 5) is 0. The van der Waals surface area contributed by atoms with Gasteiger partial charge in [-0.3, -0.25) is 0 Å². The molecule has 0 spiro atoms. The van der Waals surface area contributed by atoms with Crippen molar-refractivity contribution in [3.05, 3.63) is 35.9 Å². The molecule has 3 heteroatoms. The van der Waals surface area contributed by atoms with Crippen molar-refractivity contribution in [1.82, 2.24) is 0 Å². The molecule has 1 fully saturated rings. The summed E-state index contributed by atoms with van der Waals surface area (Å²) < 4.78 is 11.5. The molecule has 0 N–H and O–H groups in total. The highest BCUT2D eigenvalue weighted by molar-refractivity contribution is 9.09. The lowest BCUT2D eigenvalue weighted by Crippen LogP contribution is -2.30. The first-order valence-electron chi connectivity index (χ1n) is 7.06. The predicted molar refractivity (Wildman–Crippen MR) is 81.6 cm³/mol. The smallest absolute Gasteiger partial charge is 0.0716 e. The van der Waals surface area contributed by atoms with E-state index in [1.54, 1.807) is 0 Å². The topological polar surface area (TPSA) is 18.5 Å². The van der Waals surface area contributed by atoms with Crippen molar-refractivity contribution >= 4 is 15.9 Å². The zero-order chi connectivity index (χ0) is 13.6. The first-order chi connectivity index (χ1) is 9.27. The van der Waals surface area contributed by atoms with Gasteiger partial charge in [-0.25, -0.2) is 0 Å². The van der Waals surface area contributed by atoms with E-state index in [1.807, 2.05) is 6.07 Å². The molecular weight excluding hydrogens is 304 g/mol. The van der Waals surface area contributed by atoms with Crippen LogP contribution in [0.1, 0.15) is 31.7 Å². The Bertz CT molecular complexity index is 368. The molecule has 2 nitrogen and oxygen atoms in total. The number of hydrogen-bond acceptors (Lipinski definition) is 2. The second-order valence-corrected chi connectivity index (χ2v) is 5.96. The maximum Gasteiger partial charge on any atom is 0.0716 e. The summed E-state index contributed by atoms with van der Waals surface area (Å²) in [6, 6.07) is 10.3. The highest BCUT2D eigenvalue weighted by Crippen LogP contribution is 2.40. The van der Waals surface area contributed by atoms with Gasteiger partial charge in [0.2, 0.25) is 0 Å². The normalized spacial score (nSPS) is 26.7. The summed E-state index contributed by atoms with van der Waals surface area (Å²) in [6.45, 7) is 4.64. The van der Waals surface area contributed by atoms with E-state index in [9.17, 15) is 0 Å². The second-order valence-electron chi connectivity index (χ2n) is 5.40. The summed E-state index contributed by atoms with van der Waals surface area (Å²) in [7, 11) is 0. The summed E-state index contributed by atoms with van der Waals surface area (Å²) in [6.07, 6.45) is 3.80. The second kappa shape index (κ2) is 7.41. The Morgan fingerprint density at radius 2 is 2.16 bits per heavy atom. The molecule has 0 radical (unpaired) electrons. The Morgan fingerprint density at radius 3 is 2.79 bits per heavy atom. The molecule has 0 amide bonds. The minimum absolute atomic E-state index is 0.316. The summed E-state index contributed by atoms with van der Waals surface area (Å²) >= 11 is 3.66. The predicted octanol–water partition coefficient (Wildman–Crippen LogP) is 4.17. The van der Waals surface area contributed by atoms with Crippen LogP contribution in [0.5, 0.6) is 0 Å². The fraction of sp³-hybridized carbons (Fsp3) is 0.625. The van der Waals surface area contributed by atoms with Crippen LogP contribution >= 0.6 is 15.9 Å². The van der Waals surface area contributed by atoms with Gasteiger partial charge < -0.3 is 9.47 Å². The van der Waals surface area contributed by atoms with Crippen molar-refractivity contribution < 1.29 is 9.47 Å². The quantitative estimate of drug-likeness (QED) is 0.553. The van der Waals surface area contributed by atoms with Crippen LogP contribution in [-0.2, 0) is 16.1 Å². The molecule has 1 saturated heterocycles. The third-order valence-electron chi connectivity index (χ3n) is 4.17. The molecule has 0 aliphatic carbocycles. The van der Waals surface area contributed by atoms with Gasteiger partial charge in [0.05, 0.1) is 12.7 Å². The molecule has 1 aliphatic heterocycles. The molecule has 1 heterocycles. The van der Waals surface area contributed by atoms with Gasteiger partial charge in [-0.15, -0.1) is 0 Å². The van der Waals surface area contributed by atoms with E-state index in [0.717, 1.165) is 31.4 Å². The SMILES string of the molecule is CC1OCCC1(CBr)CCCOCc1ccccc1. The summed E-state index contributed by atoms with van der Waals surface area (Å²) in [5.74, 6) is 0. The Labute approximate surface area is 124 Å². The van der Waals surface area contributed by atoms with Gasteiger partial charge in [0.15, 0.2) is 0 Å². The van der Waals surface area contributed by atoms with Crippen LogP contribution in [0.25, 0.3) is 0 Å². The zero-order valence-corrected chi connectivity index (χ0v) is 13.2. The zero-order valence-electron chi connectivity index (χ0n) is 11.6. The molecule has 2 rings (SSSR count).